The number of hydrogen-bond acceptors (Lipinski definition) is 7. The fraction of sp³-hybridized carbons (Fsp3) is 0.167. The highest BCUT2D eigenvalue weighted by Crippen LogP contribution is 2.42. The minimum atomic E-state index is -3.68. The second kappa shape index (κ2) is 8.87. The van der Waals surface area contributed by atoms with Gasteiger partial charge in [-0.2, -0.15) is 0 Å². The number of nitrogens with zero attached hydrogens (tertiary/aromatic N) is 4. The van der Waals surface area contributed by atoms with Crippen LogP contribution in [-0.2, 0) is 23.0 Å². The van der Waals surface area contributed by atoms with Crippen LogP contribution in [0.2, 0.25) is 0 Å². The Kier molecular flexibility index (Phi) is 5.45. The average molecular weight is 571 g/mol. The third kappa shape index (κ3) is 3.80. The fourth-order valence-corrected chi connectivity index (χ4v) is 6.08. The summed E-state index contributed by atoms with van der Waals surface area (Å²) < 4.78 is 54.4. The van der Waals surface area contributed by atoms with E-state index < -0.39 is 10.0 Å². The van der Waals surface area contributed by atoms with Crippen LogP contribution in [0.3, 0.4) is 0 Å². The summed E-state index contributed by atoms with van der Waals surface area (Å²) in [6.07, 6.45) is 3.96. The van der Waals surface area contributed by atoms with Crippen LogP contribution in [-0.4, -0.2) is 42.7 Å². The number of halogens is 1. The molecule has 9 nitrogen and oxygen atoms in total. The minimum Gasteiger partial charge on any atom is -0.453 e. The summed E-state index contributed by atoms with van der Waals surface area (Å²) in [6.45, 7) is 2.47. The van der Waals surface area contributed by atoms with Crippen LogP contribution in [0, 0.1) is 12.7 Å². The number of carbonyl (C=O) groups excluding carboxylic acids is 1. The SMILES string of the molecule is Cc1conc1-c1oc2cc(N(C)S(C)(=O)=O)c(-c3ccc4c(n3)-c3cc5c(F)cccc5n3CC4)cc2c1C=O. The number of furan rings is 1. The van der Waals surface area contributed by atoms with Gasteiger partial charge in [-0.05, 0) is 49.2 Å². The zero-order valence-corrected chi connectivity index (χ0v) is 23.1. The van der Waals surface area contributed by atoms with Crippen LogP contribution >= 0.6 is 0 Å². The average Bonchev–Trinajstić information content (AvgIpc) is 3.65. The summed E-state index contributed by atoms with van der Waals surface area (Å²) in [7, 11) is -2.23. The van der Waals surface area contributed by atoms with Gasteiger partial charge >= 0.3 is 0 Å². The Morgan fingerprint density at radius 2 is 1.93 bits per heavy atom. The van der Waals surface area contributed by atoms with Crippen LogP contribution in [0.25, 0.3) is 56.0 Å². The lowest BCUT2D eigenvalue weighted by atomic mass is 9.99. The van der Waals surface area contributed by atoms with Crippen molar-refractivity contribution in [3.8, 4) is 34.1 Å². The van der Waals surface area contributed by atoms with Crippen molar-refractivity contribution in [2.75, 3.05) is 17.6 Å². The third-order valence-electron chi connectivity index (χ3n) is 7.76. The molecule has 206 valence electrons. The van der Waals surface area contributed by atoms with E-state index in [0.717, 1.165) is 27.3 Å². The number of pyridine rings is 1. The Morgan fingerprint density at radius 3 is 2.66 bits per heavy atom. The van der Waals surface area contributed by atoms with Gasteiger partial charge in [0.15, 0.2) is 17.7 Å². The van der Waals surface area contributed by atoms with Gasteiger partial charge in [-0.25, -0.2) is 17.8 Å². The van der Waals surface area contributed by atoms with Gasteiger partial charge in [0.25, 0.3) is 0 Å². The number of fused-ring (bicyclic) bond motifs is 6. The lowest BCUT2D eigenvalue weighted by Crippen LogP contribution is -2.25. The first-order valence-corrected chi connectivity index (χ1v) is 14.7. The van der Waals surface area contributed by atoms with Crippen molar-refractivity contribution in [1.82, 2.24) is 14.7 Å². The van der Waals surface area contributed by atoms with Crippen molar-refractivity contribution < 1.29 is 26.5 Å². The molecule has 2 aromatic carbocycles. The predicted molar refractivity (Wildman–Crippen MR) is 153 cm³/mol. The topological polar surface area (TPSA) is 111 Å². The Morgan fingerprint density at radius 1 is 1.10 bits per heavy atom. The maximum absolute atomic E-state index is 14.7. The Labute approximate surface area is 233 Å². The van der Waals surface area contributed by atoms with Gasteiger partial charge in [-0.3, -0.25) is 9.10 Å². The molecule has 0 atom stereocenters. The van der Waals surface area contributed by atoms with E-state index in [1.165, 1.54) is 19.4 Å². The molecule has 0 radical (unpaired) electrons. The molecular formula is C30H23FN4O5S. The molecule has 0 fully saturated rings. The van der Waals surface area contributed by atoms with E-state index in [9.17, 15) is 17.6 Å². The van der Waals surface area contributed by atoms with Gasteiger partial charge in [-0.1, -0.05) is 17.3 Å². The van der Waals surface area contributed by atoms with Crippen LogP contribution < -0.4 is 4.31 Å². The van der Waals surface area contributed by atoms with Gasteiger partial charge in [0.05, 0.1) is 40.1 Å². The zero-order chi connectivity index (χ0) is 28.6. The molecule has 5 heterocycles. The lowest BCUT2D eigenvalue weighted by Gasteiger charge is -2.22. The van der Waals surface area contributed by atoms with E-state index in [4.69, 9.17) is 13.9 Å². The highest BCUT2D eigenvalue weighted by atomic mass is 32.2. The first-order valence-electron chi connectivity index (χ1n) is 12.8. The molecule has 0 amide bonds. The maximum Gasteiger partial charge on any atom is 0.232 e. The number of aromatic nitrogens is 3. The molecule has 0 saturated heterocycles. The lowest BCUT2D eigenvalue weighted by molar-refractivity contribution is 0.112. The molecular weight excluding hydrogens is 547 g/mol. The molecule has 0 N–H and O–H groups in total. The summed E-state index contributed by atoms with van der Waals surface area (Å²) in [6, 6.07) is 13.9. The predicted octanol–water partition coefficient (Wildman–Crippen LogP) is 5.98. The summed E-state index contributed by atoms with van der Waals surface area (Å²) in [5, 5.41) is 4.99. The van der Waals surface area contributed by atoms with Crippen molar-refractivity contribution in [3.05, 3.63) is 77.3 Å². The molecule has 0 bridgehead atoms. The molecule has 4 aromatic heterocycles. The number of aldehydes is 1. The zero-order valence-electron chi connectivity index (χ0n) is 22.3. The smallest absolute Gasteiger partial charge is 0.232 e. The fourth-order valence-electron chi connectivity index (χ4n) is 5.57. The monoisotopic (exact) mass is 570 g/mol. The number of carbonyl (C=O) groups is 1. The maximum atomic E-state index is 14.7. The first kappa shape index (κ1) is 25.2. The number of anilines is 1. The van der Waals surface area contributed by atoms with Crippen molar-refractivity contribution in [1.29, 1.82) is 0 Å². The largest absolute Gasteiger partial charge is 0.453 e. The summed E-state index contributed by atoms with van der Waals surface area (Å²) in [4.78, 5) is 17.3. The van der Waals surface area contributed by atoms with Crippen LogP contribution in [0.15, 0.2) is 63.7 Å². The number of hydrogen-bond donors (Lipinski definition) is 0. The molecule has 1 aliphatic rings. The Hall–Kier alpha value is -4.77. The van der Waals surface area contributed by atoms with E-state index in [2.05, 4.69) is 9.72 Å². The highest BCUT2D eigenvalue weighted by molar-refractivity contribution is 7.92. The number of aryl methyl sites for hydroxylation is 3. The molecule has 0 unspecified atom stereocenters. The molecule has 41 heavy (non-hydrogen) atoms. The molecule has 0 saturated carbocycles. The van der Waals surface area contributed by atoms with E-state index in [-0.39, 0.29) is 17.1 Å². The molecule has 0 spiro atoms. The van der Waals surface area contributed by atoms with Crippen LogP contribution in [0.5, 0.6) is 0 Å². The Balaban J connectivity index is 1.49. The summed E-state index contributed by atoms with van der Waals surface area (Å²) in [5.41, 5.74) is 6.22. The van der Waals surface area contributed by atoms with Crippen molar-refractivity contribution in [3.63, 3.8) is 0 Å². The molecule has 1 aliphatic heterocycles. The number of rotatable bonds is 5. The van der Waals surface area contributed by atoms with Gasteiger partial charge in [0.1, 0.15) is 17.7 Å². The molecule has 0 aliphatic carbocycles. The summed E-state index contributed by atoms with van der Waals surface area (Å²) in [5.74, 6) is -0.0691. The normalized spacial score (nSPS) is 13.0. The van der Waals surface area contributed by atoms with Crippen molar-refractivity contribution in [2.45, 2.75) is 19.9 Å². The number of benzene rings is 2. The highest BCUT2D eigenvalue weighted by Gasteiger charge is 2.27. The molecule has 7 rings (SSSR count). The molecule has 11 heteroatoms. The van der Waals surface area contributed by atoms with E-state index >= 15 is 0 Å². The van der Waals surface area contributed by atoms with Gasteiger partial charge < -0.3 is 13.5 Å². The third-order valence-corrected chi connectivity index (χ3v) is 8.95. The van der Waals surface area contributed by atoms with Crippen molar-refractivity contribution in [2.24, 2.45) is 0 Å². The second-order valence-electron chi connectivity index (χ2n) is 10.2. The standard InChI is InChI=1S/C30H23FN4O5S/c1-16-15-39-33-28(16)30-21(14-36)18-11-20(25(13-27(18)40-30)34(2)41(3,37)38)23-8-7-17-9-10-35-24-6-4-5-22(31)19(24)12-26(35)29(17)32-23/h4-8,11-15H,9-10H2,1-3H3. The summed E-state index contributed by atoms with van der Waals surface area (Å²) >= 11 is 0. The van der Waals surface area contributed by atoms with E-state index in [0.29, 0.717) is 69.5 Å². The first-order chi connectivity index (χ1) is 19.7. The van der Waals surface area contributed by atoms with Crippen LogP contribution in [0.4, 0.5) is 10.1 Å². The van der Waals surface area contributed by atoms with Gasteiger partial charge in [0, 0.05) is 41.6 Å². The molecule has 6 aromatic rings. The Bertz CT molecular complexity index is 2160. The van der Waals surface area contributed by atoms with E-state index in [1.807, 2.05) is 18.2 Å². The second-order valence-corrected chi connectivity index (χ2v) is 12.2. The van der Waals surface area contributed by atoms with Gasteiger partial charge in [0.2, 0.25) is 10.0 Å². The number of sulfonamides is 1. The van der Waals surface area contributed by atoms with Crippen LogP contribution in [0.1, 0.15) is 21.5 Å². The van der Waals surface area contributed by atoms with E-state index in [1.54, 1.807) is 31.2 Å². The van der Waals surface area contributed by atoms with Crippen molar-refractivity contribution >= 4 is 43.9 Å². The van der Waals surface area contributed by atoms with Gasteiger partial charge in [-0.15, -0.1) is 0 Å². The quantitative estimate of drug-likeness (QED) is 0.234. The minimum absolute atomic E-state index is 0.233.